The van der Waals surface area contributed by atoms with Gasteiger partial charge in [0.1, 0.15) is 16.6 Å². The van der Waals surface area contributed by atoms with Gasteiger partial charge in [0.05, 0.1) is 20.4 Å². The standard InChI is InChI=1S/C22H29N2S.C12H8N2S.2CH4.BrH/c1-2-3-4-5-6-7-8-11-16-24-17-14-19(15-18-24)22-23-20-12-9-10-13-21(20)25-22;1-2-4-11-10(3-1)14-12(15-11)9-5-7-13-8-6-9;;;/h9-10,12-15,17-18H,2-8,11,16H2,1H3;1-8H;2*1H4;1H/q+1;;;;/p-1. The number of hydrogen-bond donors (Lipinski definition) is 0. The summed E-state index contributed by atoms with van der Waals surface area (Å²) < 4.78 is 4.78. The summed E-state index contributed by atoms with van der Waals surface area (Å²) >= 11 is 3.48. The molecule has 43 heavy (non-hydrogen) atoms. The lowest BCUT2D eigenvalue weighted by atomic mass is 10.1. The van der Waals surface area contributed by atoms with Gasteiger partial charge in [0.15, 0.2) is 12.4 Å². The highest BCUT2D eigenvalue weighted by atomic mass is 79.9. The van der Waals surface area contributed by atoms with E-state index < -0.39 is 0 Å². The maximum atomic E-state index is 4.74. The Kier molecular flexibility index (Phi) is 16.3. The van der Waals surface area contributed by atoms with Crippen molar-refractivity contribution in [2.24, 2.45) is 0 Å². The minimum atomic E-state index is 0. The van der Waals surface area contributed by atoms with Gasteiger partial charge in [-0.15, -0.1) is 22.7 Å². The quantitative estimate of drug-likeness (QED) is 0.103. The van der Waals surface area contributed by atoms with Gasteiger partial charge in [-0.1, -0.05) is 84.6 Å². The van der Waals surface area contributed by atoms with E-state index in [1.165, 1.54) is 66.3 Å². The van der Waals surface area contributed by atoms with Gasteiger partial charge in [0.25, 0.3) is 0 Å². The van der Waals surface area contributed by atoms with Crippen LogP contribution in [0.2, 0.25) is 0 Å². The highest BCUT2D eigenvalue weighted by Crippen LogP contribution is 2.30. The van der Waals surface area contributed by atoms with Crippen molar-refractivity contribution in [2.75, 3.05) is 0 Å². The molecule has 0 N–H and O–H groups in total. The first-order valence-corrected chi connectivity index (χ1v) is 16.0. The summed E-state index contributed by atoms with van der Waals surface area (Å²) in [6, 6.07) is 24.9. The van der Waals surface area contributed by atoms with Crippen LogP contribution in [-0.2, 0) is 6.54 Å². The first-order chi connectivity index (χ1) is 19.8. The first kappa shape index (κ1) is 36.2. The van der Waals surface area contributed by atoms with Crippen LogP contribution >= 0.6 is 22.7 Å². The second-order valence-electron chi connectivity index (χ2n) is 10.0. The van der Waals surface area contributed by atoms with E-state index in [1.807, 2.05) is 30.3 Å². The molecule has 6 aromatic rings. The van der Waals surface area contributed by atoms with Crippen LogP contribution in [0.15, 0.2) is 97.6 Å². The number of para-hydroxylation sites is 2. The summed E-state index contributed by atoms with van der Waals surface area (Å²) in [6.07, 6.45) is 19.0. The Balaban J connectivity index is 0.000000309. The van der Waals surface area contributed by atoms with Crippen LogP contribution in [0.5, 0.6) is 0 Å². The average Bonchev–Trinajstić information content (AvgIpc) is 3.64. The van der Waals surface area contributed by atoms with Crippen molar-refractivity contribution in [2.45, 2.75) is 79.7 Å². The fourth-order valence-electron chi connectivity index (χ4n) is 4.66. The summed E-state index contributed by atoms with van der Waals surface area (Å²) in [5, 5.41) is 2.17. The van der Waals surface area contributed by atoms with E-state index in [0.717, 1.165) is 33.2 Å². The molecule has 0 fully saturated rings. The van der Waals surface area contributed by atoms with Gasteiger partial charge >= 0.3 is 0 Å². The molecular formula is C36H45BrN4S2. The van der Waals surface area contributed by atoms with Gasteiger partial charge in [-0.3, -0.25) is 4.98 Å². The minimum Gasteiger partial charge on any atom is -1.00 e. The average molecular weight is 678 g/mol. The summed E-state index contributed by atoms with van der Waals surface area (Å²) in [4.78, 5) is 13.3. The molecule has 0 unspecified atom stereocenters. The van der Waals surface area contributed by atoms with Crippen LogP contribution in [0.25, 0.3) is 41.6 Å². The van der Waals surface area contributed by atoms with Crippen molar-refractivity contribution in [3.63, 3.8) is 0 Å². The molecule has 0 aliphatic heterocycles. The first-order valence-electron chi connectivity index (χ1n) is 14.4. The lowest BCUT2D eigenvalue weighted by Gasteiger charge is -2.01. The Labute approximate surface area is 276 Å². The van der Waals surface area contributed by atoms with E-state index >= 15 is 0 Å². The van der Waals surface area contributed by atoms with E-state index in [2.05, 4.69) is 76.3 Å². The van der Waals surface area contributed by atoms with Gasteiger partial charge in [-0.2, -0.15) is 0 Å². The normalized spacial score (nSPS) is 10.3. The predicted octanol–water partition coefficient (Wildman–Crippen LogP) is 8.03. The molecule has 0 bridgehead atoms. The molecule has 0 aliphatic carbocycles. The maximum absolute atomic E-state index is 4.74. The largest absolute Gasteiger partial charge is 1.00 e. The smallest absolute Gasteiger partial charge is 0.169 e. The molecule has 0 saturated carbocycles. The summed E-state index contributed by atoms with van der Waals surface area (Å²) in [7, 11) is 0. The van der Waals surface area contributed by atoms with E-state index in [0.29, 0.717) is 0 Å². The second kappa shape index (κ2) is 19.3. The molecule has 4 aromatic heterocycles. The topological polar surface area (TPSA) is 42.5 Å². The zero-order valence-electron chi connectivity index (χ0n) is 23.6. The molecule has 0 radical (unpaired) electrons. The Morgan fingerprint density at radius 3 is 1.56 bits per heavy atom. The molecule has 7 heteroatoms. The fourth-order valence-corrected chi connectivity index (χ4v) is 6.61. The molecule has 4 heterocycles. The monoisotopic (exact) mass is 676 g/mol. The van der Waals surface area contributed by atoms with Crippen LogP contribution in [0.1, 0.15) is 73.1 Å². The SMILES string of the molecule is C.C.CCCCCCCCCC[n+]1ccc(-c2nc3ccccc3s2)cc1.[Br-].c1ccc2sc(-c3ccncc3)nc2c1. The molecule has 0 aliphatic rings. The Hall–Kier alpha value is -3.00. The van der Waals surface area contributed by atoms with E-state index in [-0.39, 0.29) is 31.8 Å². The molecule has 0 saturated heterocycles. The van der Waals surface area contributed by atoms with Crippen LogP contribution in [0, 0.1) is 0 Å². The highest BCUT2D eigenvalue weighted by molar-refractivity contribution is 7.22. The Morgan fingerprint density at radius 2 is 1.05 bits per heavy atom. The fraction of sp³-hybridized carbons (Fsp3) is 0.333. The Morgan fingerprint density at radius 1 is 0.581 bits per heavy atom. The highest BCUT2D eigenvalue weighted by Gasteiger charge is 2.08. The van der Waals surface area contributed by atoms with Gasteiger partial charge in [0, 0.05) is 42.1 Å². The number of unbranched alkanes of at least 4 members (excludes halogenated alkanes) is 7. The summed E-state index contributed by atoms with van der Waals surface area (Å²) in [5.74, 6) is 0. The van der Waals surface area contributed by atoms with Gasteiger partial charge in [-0.25, -0.2) is 14.5 Å². The Bertz CT molecular complexity index is 1530. The third kappa shape index (κ3) is 10.6. The molecule has 0 spiro atoms. The van der Waals surface area contributed by atoms with Crippen LogP contribution in [-0.4, -0.2) is 15.0 Å². The number of nitrogens with zero attached hydrogens (tertiary/aromatic N) is 4. The van der Waals surface area contributed by atoms with Crippen LogP contribution in [0.4, 0.5) is 0 Å². The molecule has 2 aromatic carbocycles. The molecule has 0 atom stereocenters. The number of rotatable bonds is 11. The number of aryl methyl sites for hydroxylation is 1. The van der Waals surface area contributed by atoms with E-state index in [1.54, 1.807) is 35.1 Å². The summed E-state index contributed by atoms with van der Waals surface area (Å²) in [5.41, 5.74) is 4.51. The summed E-state index contributed by atoms with van der Waals surface area (Å²) in [6.45, 7) is 3.40. The van der Waals surface area contributed by atoms with Crippen LogP contribution in [0.3, 0.4) is 0 Å². The van der Waals surface area contributed by atoms with Gasteiger partial charge in [0.2, 0.25) is 0 Å². The van der Waals surface area contributed by atoms with Crippen molar-refractivity contribution in [1.82, 2.24) is 15.0 Å². The molecular weight excluding hydrogens is 632 g/mol. The number of thiazole rings is 2. The van der Waals surface area contributed by atoms with Gasteiger partial charge in [-0.05, 0) is 42.8 Å². The third-order valence-corrected chi connectivity index (χ3v) is 9.09. The zero-order valence-corrected chi connectivity index (χ0v) is 26.8. The molecule has 6 rings (SSSR count). The zero-order chi connectivity index (χ0) is 27.4. The number of benzene rings is 2. The van der Waals surface area contributed by atoms with Crippen molar-refractivity contribution >= 4 is 43.1 Å². The van der Waals surface area contributed by atoms with Crippen molar-refractivity contribution in [1.29, 1.82) is 0 Å². The lowest BCUT2D eigenvalue weighted by Crippen LogP contribution is -3.00. The molecule has 0 amide bonds. The van der Waals surface area contributed by atoms with E-state index in [4.69, 9.17) is 4.98 Å². The number of aromatic nitrogens is 4. The number of fused-ring (bicyclic) bond motifs is 2. The predicted molar refractivity (Wildman–Crippen MR) is 184 cm³/mol. The molecule has 4 nitrogen and oxygen atoms in total. The van der Waals surface area contributed by atoms with Crippen molar-refractivity contribution in [3.8, 4) is 21.1 Å². The third-order valence-electron chi connectivity index (χ3n) is 6.92. The minimum absolute atomic E-state index is 0. The van der Waals surface area contributed by atoms with Gasteiger partial charge < -0.3 is 17.0 Å². The maximum Gasteiger partial charge on any atom is 0.169 e. The second-order valence-corrected chi connectivity index (χ2v) is 12.1. The molecule has 228 valence electrons. The van der Waals surface area contributed by atoms with Crippen molar-refractivity contribution in [3.05, 3.63) is 97.6 Å². The lowest BCUT2D eigenvalue weighted by molar-refractivity contribution is -0.697. The van der Waals surface area contributed by atoms with Crippen molar-refractivity contribution < 1.29 is 21.5 Å². The number of pyridine rings is 2. The van der Waals surface area contributed by atoms with Crippen LogP contribution < -0.4 is 21.5 Å². The number of hydrogen-bond acceptors (Lipinski definition) is 5. The van der Waals surface area contributed by atoms with E-state index in [9.17, 15) is 0 Å². The number of halogens is 1.